The summed E-state index contributed by atoms with van der Waals surface area (Å²) in [4.78, 5) is 12.0. The summed E-state index contributed by atoms with van der Waals surface area (Å²) in [5.41, 5.74) is 0.348. The number of benzene rings is 1. The Morgan fingerprint density at radius 3 is 2.84 bits per heavy atom. The molecule has 0 bridgehead atoms. The summed E-state index contributed by atoms with van der Waals surface area (Å²) >= 11 is 5.57. The topological polar surface area (TPSA) is 49.3 Å². The van der Waals surface area contributed by atoms with E-state index in [4.69, 9.17) is 0 Å². The maximum atomic E-state index is 12.0. The highest BCUT2D eigenvalue weighted by Gasteiger charge is 2.14. The molecule has 0 aromatic heterocycles. The molecular weight excluding hydrogens is 421 g/mol. The van der Waals surface area contributed by atoms with Gasteiger partial charge in [-0.2, -0.15) is 0 Å². The molecule has 0 heterocycles. The van der Waals surface area contributed by atoms with Gasteiger partial charge in [-0.15, -0.1) is 0 Å². The molecular formula is C14H19BrINO2. The molecule has 3 nitrogen and oxygen atoms in total. The van der Waals surface area contributed by atoms with Crippen molar-refractivity contribution >= 4 is 44.4 Å². The standard InChI is InChI=1S/C14H19BrINO2/c1-2-3-10(6-7-15)9-17-14(19)12-8-11(16)4-5-13(12)18/h4-5,8,10,18H,2-3,6-7,9H2,1H3,(H,17,19). The zero-order valence-electron chi connectivity index (χ0n) is 11.0. The van der Waals surface area contributed by atoms with Gasteiger partial charge in [-0.1, -0.05) is 29.3 Å². The van der Waals surface area contributed by atoms with Crippen LogP contribution in [0.1, 0.15) is 36.5 Å². The quantitative estimate of drug-likeness (QED) is 0.499. The number of alkyl halides is 1. The number of hydrogen-bond acceptors (Lipinski definition) is 2. The largest absolute Gasteiger partial charge is 0.507 e. The van der Waals surface area contributed by atoms with Gasteiger partial charge in [-0.05, 0) is 59.5 Å². The van der Waals surface area contributed by atoms with E-state index in [1.54, 1.807) is 18.2 Å². The van der Waals surface area contributed by atoms with Gasteiger partial charge in [0.25, 0.3) is 5.91 Å². The zero-order valence-corrected chi connectivity index (χ0v) is 14.7. The lowest BCUT2D eigenvalue weighted by atomic mass is 10.0. The Morgan fingerprint density at radius 1 is 1.47 bits per heavy atom. The number of carbonyl (C=O) groups is 1. The van der Waals surface area contributed by atoms with E-state index < -0.39 is 0 Å². The fourth-order valence-corrected chi connectivity index (χ4v) is 3.07. The molecule has 1 amide bonds. The van der Waals surface area contributed by atoms with Crippen LogP contribution in [0.15, 0.2) is 18.2 Å². The lowest BCUT2D eigenvalue weighted by molar-refractivity contribution is 0.0943. The number of halogens is 2. The number of phenolic OH excluding ortho intramolecular Hbond substituents is 1. The average Bonchev–Trinajstić information content (AvgIpc) is 2.39. The van der Waals surface area contributed by atoms with E-state index in [1.807, 2.05) is 0 Å². The molecule has 19 heavy (non-hydrogen) atoms. The Balaban J connectivity index is 2.61. The average molecular weight is 440 g/mol. The summed E-state index contributed by atoms with van der Waals surface area (Å²) in [6.45, 7) is 2.80. The van der Waals surface area contributed by atoms with Crippen LogP contribution in [0.3, 0.4) is 0 Å². The van der Waals surface area contributed by atoms with Crippen molar-refractivity contribution < 1.29 is 9.90 Å². The zero-order chi connectivity index (χ0) is 14.3. The SMILES string of the molecule is CCCC(CCBr)CNC(=O)c1cc(I)ccc1O. The molecule has 0 aliphatic carbocycles. The van der Waals surface area contributed by atoms with Crippen molar-refractivity contribution in [2.75, 3.05) is 11.9 Å². The Bertz CT molecular complexity index is 420. The Kier molecular flexibility index (Phi) is 7.75. The van der Waals surface area contributed by atoms with E-state index in [2.05, 4.69) is 50.8 Å². The molecule has 1 atom stereocenters. The maximum absolute atomic E-state index is 12.0. The van der Waals surface area contributed by atoms with Crippen molar-refractivity contribution in [2.45, 2.75) is 26.2 Å². The van der Waals surface area contributed by atoms with Crippen LogP contribution in [0.25, 0.3) is 0 Å². The molecule has 106 valence electrons. The van der Waals surface area contributed by atoms with E-state index in [0.717, 1.165) is 28.2 Å². The number of phenols is 1. The van der Waals surface area contributed by atoms with Gasteiger partial charge in [0.05, 0.1) is 5.56 Å². The van der Waals surface area contributed by atoms with E-state index in [0.29, 0.717) is 18.0 Å². The second kappa shape index (κ2) is 8.79. The Labute approximate surface area is 136 Å². The van der Waals surface area contributed by atoms with Crippen LogP contribution in [0, 0.1) is 9.49 Å². The number of nitrogens with one attached hydrogen (secondary N) is 1. The number of aromatic hydroxyl groups is 1. The Morgan fingerprint density at radius 2 is 2.21 bits per heavy atom. The van der Waals surface area contributed by atoms with Crippen molar-refractivity contribution in [2.24, 2.45) is 5.92 Å². The minimum Gasteiger partial charge on any atom is -0.507 e. The van der Waals surface area contributed by atoms with Gasteiger partial charge < -0.3 is 10.4 Å². The monoisotopic (exact) mass is 439 g/mol. The molecule has 0 spiro atoms. The second-order valence-electron chi connectivity index (χ2n) is 4.50. The van der Waals surface area contributed by atoms with E-state index in [9.17, 15) is 9.90 Å². The van der Waals surface area contributed by atoms with Gasteiger partial charge in [0, 0.05) is 15.4 Å². The summed E-state index contributed by atoms with van der Waals surface area (Å²) < 4.78 is 0.936. The van der Waals surface area contributed by atoms with Crippen LogP contribution < -0.4 is 5.32 Å². The molecule has 1 aromatic rings. The molecule has 1 rings (SSSR count). The number of amides is 1. The van der Waals surface area contributed by atoms with Gasteiger partial charge in [0.15, 0.2) is 0 Å². The van der Waals surface area contributed by atoms with Gasteiger partial charge in [0.1, 0.15) is 5.75 Å². The third kappa shape index (κ3) is 5.69. The summed E-state index contributed by atoms with van der Waals surface area (Å²) in [6, 6.07) is 5.03. The third-order valence-electron chi connectivity index (χ3n) is 2.97. The van der Waals surface area contributed by atoms with E-state index in [1.165, 1.54) is 0 Å². The highest BCUT2D eigenvalue weighted by atomic mass is 127. The number of carbonyl (C=O) groups excluding carboxylic acids is 1. The van der Waals surface area contributed by atoms with Gasteiger partial charge in [-0.25, -0.2) is 0 Å². The first-order valence-corrected chi connectivity index (χ1v) is 8.61. The first-order chi connectivity index (χ1) is 9.08. The van der Waals surface area contributed by atoms with Crippen molar-refractivity contribution in [3.8, 4) is 5.75 Å². The first-order valence-electron chi connectivity index (χ1n) is 6.41. The first kappa shape index (κ1) is 16.8. The molecule has 0 aliphatic heterocycles. The molecule has 0 radical (unpaired) electrons. The fourth-order valence-electron chi connectivity index (χ4n) is 1.93. The molecule has 2 N–H and O–H groups in total. The van der Waals surface area contributed by atoms with Gasteiger partial charge >= 0.3 is 0 Å². The normalized spacial score (nSPS) is 12.2. The molecule has 0 saturated carbocycles. The second-order valence-corrected chi connectivity index (χ2v) is 6.54. The Hall–Kier alpha value is -0.300. The summed E-state index contributed by atoms with van der Waals surface area (Å²) in [7, 11) is 0. The minimum absolute atomic E-state index is 0.0328. The summed E-state index contributed by atoms with van der Waals surface area (Å²) in [5, 5.41) is 13.6. The molecule has 0 aliphatic rings. The van der Waals surface area contributed by atoms with Crippen molar-refractivity contribution in [3.63, 3.8) is 0 Å². The summed E-state index contributed by atoms with van der Waals surface area (Å²) in [5.74, 6) is 0.315. The predicted octanol–water partition coefficient (Wildman–Crippen LogP) is 3.93. The minimum atomic E-state index is -0.202. The third-order valence-corrected chi connectivity index (χ3v) is 4.10. The van der Waals surface area contributed by atoms with E-state index >= 15 is 0 Å². The van der Waals surface area contributed by atoms with Crippen molar-refractivity contribution in [1.29, 1.82) is 0 Å². The molecule has 0 fully saturated rings. The lowest BCUT2D eigenvalue weighted by Crippen LogP contribution is -2.29. The van der Waals surface area contributed by atoms with Crippen LogP contribution in [0.5, 0.6) is 5.75 Å². The molecule has 1 aromatic carbocycles. The highest BCUT2D eigenvalue weighted by molar-refractivity contribution is 14.1. The fraction of sp³-hybridized carbons (Fsp3) is 0.500. The van der Waals surface area contributed by atoms with Crippen LogP contribution in [-0.2, 0) is 0 Å². The van der Waals surface area contributed by atoms with E-state index in [-0.39, 0.29) is 11.7 Å². The smallest absolute Gasteiger partial charge is 0.255 e. The van der Waals surface area contributed by atoms with Gasteiger partial charge in [0.2, 0.25) is 0 Å². The van der Waals surface area contributed by atoms with Gasteiger partial charge in [-0.3, -0.25) is 4.79 Å². The van der Waals surface area contributed by atoms with Crippen molar-refractivity contribution in [3.05, 3.63) is 27.3 Å². The highest BCUT2D eigenvalue weighted by Crippen LogP contribution is 2.20. The number of rotatable bonds is 7. The van der Waals surface area contributed by atoms with Crippen LogP contribution in [-0.4, -0.2) is 22.9 Å². The van der Waals surface area contributed by atoms with Crippen molar-refractivity contribution in [1.82, 2.24) is 5.32 Å². The van der Waals surface area contributed by atoms with Crippen LogP contribution >= 0.6 is 38.5 Å². The van der Waals surface area contributed by atoms with Crippen LogP contribution in [0.2, 0.25) is 0 Å². The lowest BCUT2D eigenvalue weighted by Gasteiger charge is -2.16. The molecule has 1 unspecified atom stereocenters. The maximum Gasteiger partial charge on any atom is 0.255 e. The molecule has 0 saturated heterocycles. The summed E-state index contributed by atoms with van der Waals surface area (Å²) in [6.07, 6.45) is 3.26. The molecule has 5 heteroatoms. The van der Waals surface area contributed by atoms with Crippen LogP contribution in [0.4, 0.5) is 0 Å². The number of hydrogen-bond donors (Lipinski definition) is 2. The predicted molar refractivity (Wildman–Crippen MR) is 90.0 cm³/mol.